The van der Waals surface area contributed by atoms with Crippen molar-refractivity contribution in [2.45, 2.75) is 25.4 Å². The number of hydrogen-bond acceptors (Lipinski definition) is 4. The molecule has 0 aliphatic carbocycles. The van der Waals surface area contributed by atoms with E-state index >= 15 is 0 Å². The van der Waals surface area contributed by atoms with Gasteiger partial charge >= 0.3 is 12.3 Å². The van der Waals surface area contributed by atoms with Crippen molar-refractivity contribution in [2.75, 3.05) is 18.8 Å². The minimum atomic E-state index is -4.30. The second-order valence-electron chi connectivity index (χ2n) is 5.83. The predicted octanol–water partition coefficient (Wildman–Crippen LogP) is 5.18. The van der Waals surface area contributed by atoms with Gasteiger partial charge in [-0.05, 0) is 42.4 Å². The average Bonchev–Trinajstić information content (AvgIpc) is 2.58. The van der Waals surface area contributed by atoms with Crippen LogP contribution in [0.3, 0.4) is 0 Å². The Labute approximate surface area is 158 Å². The molecule has 1 aliphatic rings. The zero-order valence-electron chi connectivity index (χ0n) is 14.3. The van der Waals surface area contributed by atoms with E-state index in [0.29, 0.717) is 23.6 Å². The molecule has 0 bridgehead atoms. The molecule has 1 aromatic carbocycles. The van der Waals surface area contributed by atoms with Gasteiger partial charge in [-0.25, -0.2) is 9.18 Å². The van der Waals surface area contributed by atoms with Gasteiger partial charge in [-0.3, -0.25) is 0 Å². The molecule has 1 aromatic rings. The lowest BCUT2D eigenvalue weighted by Crippen LogP contribution is -2.30. The number of carboxylic acid groups (broad SMARTS) is 1. The highest BCUT2D eigenvalue weighted by molar-refractivity contribution is 8.03. The summed E-state index contributed by atoms with van der Waals surface area (Å²) < 4.78 is 55.3. The topological polar surface area (TPSA) is 49.8 Å². The van der Waals surface area contributed by atoms with Crippen molar-refractivity contribution in [3.63, 3.8) is 0 Å². The Morgan fingerprint density at radius 3 is 2.59 bits per heavy atom. The molecule has 0 unspecified atom stereocenters. The lowest BCUT2D eigenvalue weighted by Gasteiger charge is -2.29. The molecule has 9 heteroatoms. The van der Waals surface area contributed by atoms with E-state index in [1.54, 1.807) is 18.2 Å². The van der Waals surface area contributed by atoms with E-state index in [4.69, 9.17) is 9.84 Å². The molecule has 27 heavy (non-hydrogen) atoms. The maximum absolute atomic E-state index is 12.9. The Balaban J connectivity index is 1.98. The Hall–Kier alpha value is -2.16. The van der Waals surface area contributed by atoms with Gasteiger partial charge in [-0.1, -0.05) is 18.2 Å². The molecule has 0 fully saturated rings. The molecular weight excluding hydrogens is 386 g/mol. The number of hydrogen-bond donors (Lipinski definition) is 1. The molecule has 0 amide bonds. The summed E-state index contributed by atoms with van der Waals surface area (Å²) in [7, 11) is 0. The molecule has 0 spiro atoms. The fourth-order valence-electron chi connectivity index (χ4n) is 2.48. The van der Waals surface area contributed by atoms with Crippen LogP contribution in [0, 0.1) is 5.82 Å². The summed E-state index contributed by atoms with van der Waals surface area (Å²) in [6.07, 6.45) is -2.42. The molecule has 4 nitrogen and oxygen atoms in total. The molecule has 0 radical (unpaired) electrons. The van der Waals surface area contributed by atoms with Gasteiger partial charge in [0.05, 0.1) is 6.42 Å². The van der Waals surface area contributed by atoms with E-state index in [-0.39, 0.29) is 24.7 Å². The van der Waals surface area contributed by atoms with Crippen LogP contribution in [0.2, 0.25) is 0 Å². The third-order valence-corrected chi connectivity index (χ3v) is 4.94. The van der Waals surface area contributed by atoms with Crippen molar-refractivity contribution < 1.29 is 32.2 Å². The fourth-order valence-corrected chi connectivity index (χ4v) is 3.56. The molecule has 0 atom stereocenters. The summed E-state index contributed by atoms with van der Waals surface area (Å²) in [6, 6.07) is 6.09. The lowest BCUT2D eigenvalue weighted by atomic mass is 10.1. The van der Waals surface area contributed by atoms with Crippen LogP contribution in [0.4, 0.5) is 22.4 Å². The van der Waals surface area contributed by atoms with Crippen molar-refractivity contribution in [1.29, 1.82) is 0 Å². The van der Waals surface area contributed by atoms with Crippen LogP contribution in [0.25, 0.3) is 0 Å². The Morgan fingerprint density at radius 1 is 1.26 bits per heavy atom. The highest BCUT2D eigenvalue weighted by atomic mass is 32.2. The van der Waals surface area contributed by atoms with Crippen molar-refractivity contribution >= 4 is 17.9 Å². The van der Waals surface area contributed by atoms with E-state index in [1.807, 2.05) is 0 Å². The molecule has 0 saturated carbocycles. The molecule has 1 heterocycles. The minimum absolute atomic E-state index is 0.0303. The lowest BCUT2D eigenvalue weighted by molar-refractivity contribution is -0.136. The van der Waals surface area contributed by atoms with Gasteiger partial charge in [-0.15, -0.1) is 11.8 Å². The van der Waals surface area contributed by atoms with Gasteiger partial charge < -0.3 is 14.7 Å². The molecule has 0 aromatic heterocycles. The third-order valence-electron chi connectivity index (χ3n) is 3.72. The second-order valence-corrected chi connectivity index (χ2v) is 6.91. The van der Waals surface area contributed by atoms with Crippen LogP contribution in [0.1, 0.15) is 18.4 Å². The number of rotatable bonds is 8. The van der Waals surface area contributed by atoms with Crippen LogP contribution in [-0.2, 0) is 11.2 Å². The van der Waals surface area contributed by atoms with E-state index in [1.165, 1.54) is 34.9 Å². The summed E-state index contributed by atoms with van der Waals surface area (Å²) in [6.45, 7) is -0.0243. The Kier molecular flexibility index (Phi) is 7.58. The number of ether oxygens (including phenoxy) is 1. The number of allylic oxidation sites excluding steroid dienone is 1. The number of halogens is 4. The number of carbonyl (C=O) groups is 1. The summed E-state index contributed by atoms with van der Waals surface area (Å²) in [4.78, 5) is 12.3. The van der Waals surface area contributed by atoms with Gasteiger partial charge in [0.15, 0.2) is 5.76 Å². The fraction of sp³-hybridized carbons (Fsp3) is 0.389. The Bertz CT molecular complexity index is 702. The average molecular weight is 405 g/mol. The monoisotopic (exact) mass is 405 g/mol. The van der Waals surface area contributed by atoms with Gasteiger partial charge in [0, 0.05) is 13.1 Å². The van der Waals surface area contributed by atoms with E-state index in [0.717, 1.165) is 5.56 Å². The number of aryl methyl sites for hydroxylation is 1. The number of benzene rings is 1. The van der Waals surface area contributed by atoms with Crippen molar-refractivity contribution in [3.05, 3.63) is 58.6 Å². The standard InChI is InChI=1S/C18H19F4NO3S/c19-14-7-5-13(6-8-14)3-2-12-27-16-15(26-17(24)25)4-1-10-23(16)11-9-18(20,21)22/h1,4-8H,2-3,9-12H2,(H,24,25). The summed E-state index contributed by atoms with van der Waals surface area (Å²) in [5.74, 6) is 0.265. The van der Waals surface area contributed by atoms with Crippen molar-refractivity contribution in [3.8, 4) is 0 Å². The maximum Gasteiger partial charge on any atom is 0.511 e. The molecule has 1 N–H and O–H groups in total. The van der Waals surface area contributed by atoms with Crippen molar-refractivity contribution in [2.24, 2.45) is 0 Å². The van der Waals surface area contributed by atoms with Gasteiger partial charge in [0.25, 0.3) is 0 Å². The van der Waals surface area contributed by atoms with Crippen LogP contribution >= 0.6 is 11.8 Å². The first-order valence-electron chi connectivity index (χ1n) is 8.25. The SMILES string of the molecule is O=C(O)OC1=C(SCCCc2ccc(F)cc2)N(CCC(F)(F)F)CC=C1. The maximum atomic E-state index is 12.9. The first-order valence-corrected chi connectivity index (χ1v) is 9.24. The van der Waals surface area contributed by atoms with Crippen LogP contribution < -0.4 is 0 Å². The highest BCUT2D eigenvalue weighted by Crippen LogP contribution is 2.31. The summed E-state index contributed by atoms with van der Waals surface area (Å²) in [5.41, 5.74) is 0.949. The van der Waals surface area contributed by atoms with Crippen LogP contribution in [0.5, 0.6) is 0 Å². The number of alkyl halides is 3. The summed E-state index contributed by atoms with van der Waals surface area (Å²) in [5, 5.41) is 9.22. The molecule has 148 valence electrons. The van der Waals surface area contributed by atoms with E-state index < -0.39 is 18.8 Å². The van der Waals surface area contributed by atoms with E-state index in [9.17, 15) is 22.4 Å². The smallest absolute Gasteiger partial charge is 0.449 e. The first kappa shape index (κ1) is 21.1. The zero-order chi connectivity index (χ0) is 19.9. The van der Waals surface area contributed by atoms with Gasteiger partial charge in [-0.2, -0.15) is 13.2 Å². The van der Waals surface area contributed by atoms with Crippen molar-refractivity contribution in [1.82, 2.24) is 4.90 Å². The largest absolute Gasteiger partial charge is 0.511 e. The Morgan fingerprint density at radius 2 is 1.96 bits per heavy atom. The zero-order valence-corrected chi connectivity index (χ0v) is 15.2. The molecule has 0 saturated heterocycles. The number of thioether (sulfide) groups is 1. The first-order chi connectivity index (χ1) is 12.7. The minimum Gasteiger partial charge on any atom is -0.449 e. The summed E-state index contributed by atoms with van der Waals surface area (Å²) >= 11 is 1.25. The van der Waals surface area contributed by atoms with Gasteiger partial charge in [0.2, 0.25) is 0 Å². The predicted molar refractivity (Wildman–Crippen MR) is 94.7 cm³/mol. The molecule has 1 aliphatic heterocycles. The molecule has 2 rings (SSSR count). The molecular formula is C18H19F4NO3S. The second kappa shape index (κ2) is 9.68. The van der Waals surface area contributed by atoms with Crippen LogP contribution in [-0.4, -0.2) is 41.2 Å². The van der Waals surface area contributed by atoms with E-state index in [2.05, 4.69) is 0 Å². The third kappa shape index (κ3) is 7.54. The van der Waals surface area contributed by atoms with Gasteiger partial charge in [0.1, 0.15) is 10.8 Å². The number of nitrogens with zero attached hydrogens (tertiary/aromatic N) is 1. The highest BCUT2D eigenvalue weighted by Gasteiger charge is 2.29. The van der Waals surface area contributed by atoms with Crippen LogP contribution in [0.15, 0.2) is 47.2 Å². The quantitative estimate of drug-likeness (QED) is 0.367. The normalized spacial score (nSPS) is 14.6.